The standard InChI is InChI=1S/C16H22BrNO/c1-12-2-8-15(9-3-12)16(19)18-11-14-6-4-13(10-17)5-7-14/h4-7,12,15H,2-3,8-11H2,1H3,(H,18,19). The fourth-order valence-corrected chi connectivity index (χ4v) is 2.98. The van der Waals surface area contributed by atoms with Gasteiger partial charge in [0.1, 0.15) is 0 Å². The highest BCUT2D eigenvalue weighted by Crippen LogP contribution is 2.28. The number of hydrogen-bond donors (Lipinski definition) is 1. The first kappa shape index (κ1) is 14.6. The second-order valence-corrected chi connectivity index (χ2v) is 6.19. The zero-order valence-electron chi connectivity index (χ0n) is 11.5. The first-order chi connectivity index (χ1) is 9.19. The number of halogens is 1. The van der Waals surface area contributed by atoms with E-state index < -0.39 is 0 Å². The van der Waals surface area contributed by atoms with Gasteiger partial charge in [-0.25, -0.2) is 0 Å². The zero-order valence-corrected chi connectivity index (χ0v) is 13.1. The number of carbonyl (C=O) groups is 1. The minimum atomic E-state index is 0.233. The molecule has 0 bridgehead atoms. The topological polar surface area (TPSA) is 29.1 Å². The monoisotopic (exact) mass is 323 g/mol. The summed E-state index contributed by atoms with van der Waals surface area (Å²) in [6, 6.07) is 8.36. The van der Waals surface area contributed by atoms with Gasteiger partial charge in [0, 0.05) is 17.8 Å². The van der Waals surface area contributed by atoms with Crippen molar-refractivity contribution in [3.05, 3.63) is 35.4 Å². The highest BCUT2D eigenvalue weighted by atomic mass is 79.9. The molecule has 0 aliphatic heterocycles. The third-order valence-electron chi connectivity index (χ3n) is 4.03. The maximum absolute atomic E-state index is 12.1. The molecule has 1 fully saturated rings. The Morgan fingerprint density at radius 3 is 2.32 bits per heavy atom. The molecule has 0 heterocycles. The van der Waals surface area contributed by atoms with Gasteiger partial charge in [0.25, 0.3) is 0 Å². The van der Waals surface area contributed by atoms with Gasteiger partial charge in [-0.05, 0) is 42.7 Å². The van der Waals surface area contributed by atoms with E-state index in [9.17, 15) is 4.79 Å². The molecule has 2 rings (SSSR count). The summed E-state index contributed by atoms with van der Waals surface area (Å²) in [5.41, 5.74) is 2.43. The van der Waals surface area contributed by atoms with Gasteiger partial charge in [-0.2, -0.15) is 0 Å². The predicted octanol–water partition coefficient (Wildman–Crippen LogP) is 4.02. The summed E-state index contributed by atoms with van der Waals surface area (Å²) in [5, 5.41) is 3.95. The molecular formula is C16H22BrNO. The minimum absolute atomic E-state index is 0.233. The smallest absolute Gasteiger partial charge is 0.223 e. The van der Waals surface area contributed by atoms with Crippen molar-refractivity contribution in [3.8, 4) is 0 Å². The molecule has 104 valence electrons. The Labute approximate surface area is 124 Å². The van der Waals surface area contributed by atoms with E-state index in [0.29, 0.717) is 6.54 Å². The summed E-state index contributed by atoms with van der Waals surface area (Å²) in [6.45, 7) is 2.92. The first-order valence-corrected chi connectivity index (χ1v) is 8.22. The summed E-state index contributed by atoms with van der Waals surface area (Å²) >= 11 is 3.43. The summed E-state index contributed by atoms with van der Waals surface area (Å²) in [5.74, 6) is 1.26. The van der Waals surface area contributed by atoms with Crippen LogP contribution in [0.3, 0.4) is 0 Å². The second kappa shape index (κ2) is 7.09. The van der Waals surface area contributed by atoms with Gasteiger partial charge < -0.3 is 5.32 Å². The van der Waals surface area contributed by atoms with Crippen molar-refractivity contribution in [1.29, 1.82) is 0 Å². The number of nitrogens with one attached hydrogen (secondary N) is 1. The highest BCUT2D eigenvalue weighted by molar-refractivity contribution is 9.08. The summed E-state index contributed by atoms with van der Waals surface area (Å²) in [4.78, 5) is 12.1. The van der Waals surface area contributed by atoms with Gasteiger partial charge in [-0.3, -0.25) is 4.79 Å². The van der Waals surface area contributed by atoms with E-state index in [2.05, 4.69) is 52.4 Å². The molecule has 1 amide bonds. The second-order valence-electron chi connectivity index (χ2n) is 5.62. The molecule has 0 aromatic heterocycles. The Morgan fingerprint density at radius 1 is 1.16 bits per heavy atom. The Hall–Kier alpha value is -0.830. The zero-order chi connectivity index (χ0) is 13.7. The van der Waals surface area contributed by atoms with Crippen LogP contribution in [0.5, 0.6) is 0 Å². The van der Waals surface area contributed by atoms with E-state index in [0.717, 1.165) is 24.1 Å². The molecule has 1 aliphatic carbocycles. The van der Waals surface area contributed by atoms with E-state index in [-0.39, 0.29) is 11.8 Å². The molecular weight excluding hydrogens is 302 g/mol. The Morgan fingerprint density at radius 2 is 1.74 bits per heavy atom. The van der Waals surface area contributed by atoms with Crippen LogP contribution >= 0.6 is 15.9 Å². The molecule has 0 spiro atoms. The highest BCUT2D eigenvalue weighted by Gasteiger charge is 2.23. The third-order valence-corrected chi connectivity index (χ3v) is 4.68. The van der Waals surface area contributed by atoms with Gasteiger partial charge in [0.05, 0.1) is 0 Å². The van der Waals surface area contributed by atoms with Gasteiger partial charge in [-0.1, -0.05) is 47.1 Å². The number of alkyl halides is 1. The van der Waals surface area contributed by atoms with E-state index in [1.165, 1.54) is 24.0 Å². The number of rotatable bonds is 4. The number of carbonyl (C=O) groups excluding carboxylic acids is 1. The van der Waals surface area contributed by atoms with Crippen LogP contribution in [-0.2, 0) is 16.7 Å². The van der Waals surface area contributed by atoms with Gasteiger partial charge in [0.15, 0.2) is 0 Å². The SMILES string of the molecule is CC1CCC(C(=O)NCc2ccc(CBr)cc2)CC1. The van der Waals surface area contributed by atoms with Gasteiger partial charge >= 0.3 is 0 Å². The molecule has 19 heavy (non-hydrogen) atoms. The largest absolute Gasteiger partial charge is 0.352 e. The molecule has 1 aromatic carbocycles. The summed E-state index contributed by atoms with van der Waals surface area (Å²) < 4.78 is 0. The lowest BCUT2D eigenvalue weighted by Gasteiger charge is -2.25. The quantitative estimate of drug-likeness (QED) is 0.833. The maximum Gasteiger partial charge on any atom is 0.223 e. The van der Waals surface area contributed by atoms with E-state index in [1.807, 2.05) is 0 Å². The molecule has 1 aromatic rings. The summed E-state index contributed by atoms with van der Waals surface area (Å²) in [6.07, 6.45) is 4.49. The fourth-order valence-electron chi connectivity index (χ4n) is 2.60. The maximum atomic E-state index is 12.1. The van der Waals surface area contributed by atoms with Crippen LogP contribution in [0.25, 0.3) is 0 Å². The van der Waals surface area contributed by atoms with E-state index >= 15 is 0 Å². The van der Waals surface area contributed by atoms with Crippen molar-refractivity contribution >= 4 is 21.8 Å². The summed E-state index contributed by atoms with van der Waals surface area (Å²) in [7, 11) is 0. The lowest BCUT2D eigenvalue weighted by Crippen LogP contribution is -2.32. The molecule has 3 heteroatoms. The molecule has 0 radical (unpaired) electrons. The van der Waals surface area contributed by atoms with Gasteiger partial charge in [0.2, 0.25) is 5.91 Å². The van der Waals surface area contributed by atoms with Crippen molar-refractivity contribution in [2.45, 2.75) is 44.5 Å². The normalized spacial score (nSPS) is 23.1. The van der Waals surface area contributed by atoms with Crippen LogP contribution in [0.4, 0.5) is 0 Å². The van der Waals surface area contributed by atoms with Gasteiger partial charge in [-0.15, -0.1) is 0 Å². The molecule has 1 N–H and O–H groups in total. The average Bonchev–Trinajstić information content (AvgIpc) is 2.46. The van der Waals surface area contributed by atoms with E-state index in [4.69, 9.17) is 0 Å². The Kier molecular flexibility index (Phi) is 5.44. The van der Waals surface area contributed by atoms with Crippen molar-refractivity contribution < 1.29 is 4.79 Å². The first-order valence-electron chi connectivity index (χ1n) is 7.10. The van der Waals surface area contributed by atoms with Crippen LogP contribution < -0.4 is 5.32 Å². The molecule has 1 aliphatic rings. The lowest BCUT2D eigenvalue weighted by molar-refractivity contribution is -0.126. The van der Waals surface area contributed by atoms with E-state index in [1.54, 1.807) is 0 Å². The van der Waals surface area contributed by atoms with Crippen molar-refractivity contribution in [3.63, 3.8) is 0 Å². The molecule has 1 saturated carbocycles. The molecule has 2 nitrogen and oxygen atoms in total. The number of amides is 1. The average molecular weight is 324 g/mol. The number of hydrogen-bond acceptors (Lipinski definition) is 1. The van der Waals surface area contributed by atoms with Crippen molar-refractivity contribution in [1.82, 2.24) is 5.32 Å². The Balaban J connectivity index is 1.79. The minimum Gasteiger partial charge on any atom is -0.352 e. The number of benzene rings is 1. The molecule has 0 atom stereocenters. The van der Waals surface area contributed by atoms with Crippen LogP contribution in [0.1, 0.15) is 43.7 Å². The molecule has 0 unspecified atom stereocenters. The van der Waals surface area contributed by atoms with Crippen molar-refractivity contribution in [2.75, 3.05) is 0 Å². The predicted molar refractivity (Wildman–Crippen MR) is 82.0 cm³/mol. The molecule has 0 saturated heterocycles. The van der Waals surface area contributed by atoms with Crippen LogP contribution in [0.2, 0.25) is 0 Å². The van der Waals surface area contributed by atoms with Crippen molar-refractivity contribution in [2.24, 2.45) is 11.8 Å². The van der Waals surface area contributed by atoms with Crippen LogP contribution in [0, 0.1) is 11.8 Å². The third kappa shape index (κ3) is 4.34. The Bertz CT molecular complexity index is 407. The lowest BCUT2D eigenvalue weighted by atomic mass is 9.82. The van der Waals surface area contributed by atoms with Crippen LogP contribution in [-0.4, -0.2) is 5.91 Å². The van der Waals surface area contributed by atoms with Crippen LogP contribution in [0.15, 0.2) is 24.3 Å². The fraction of sp³-hybridized carbons (Fsp3) is 0.562.